The van der Waals surface area contributed by atoms with E-state index in [1.54, 1.807) is 0 Å². The van der Waals surface area contributed by atoms with E-state index >= 15 is 0 Å². The summed E-state index contributed by atoms with van der Waals surface area (Å²) in [4.78, 5) is 1.00. The molecule has 0 amide bonds. The molecule has 0 aromatic heterocycles. The van der Waals surface area contributed by atoms with E-state index in [9.17, 15) is 0 Å². The Morgan fingerprint density at radius 1 is 1.47 bits per heavy atom. The molecule has 0 heterocycles. The monoisotopic (exact) mass is 221 g/mol. The fraction of sp³-hybridized carbons (Fsp3) is 0.462. The minimum absolute atomic E-state index is 0.256. The lowest BCUT2D eigenvalue weighted by Crippen LogP contribution is -2.23. The van der Waals surface area contributed by atoms with Gasteiger partial charge in [-0.15, -0.1) is 0 Å². The minimum atomic E-state index is 0.256. The van der Waals surface area contributed by atoms with Crippen LogP contribution in [-0.4, -0.2) is 10.9 Å². The Labute approximate surface area is 97.9 Å². The largest absolute Gasteiger partial charge is 0.378 e. The van der Waals surface area contributed by atoms with Crippen LogP contribution >= 0.6 is 12.2 Å². The van der Waals surface area contributed by atoms with Crippen LogP contribution in [-0.2, 0) is 6.42 Å². The fourth-order valence-electron chi connectivity index (χ4n) is 1.55. The van der Waals surface area contributed by atoms with Crippen molar-refractivity contribution in [3.05, 3.63) is 29.3 Å². The maximum atomic E-state index is 5.18. The van der Waals surface area contributed by atoms with E-state index < -0.39 is 0 Å². The molecule has 0 aliphatic heterocycles. The third kappa shape index (κ3) is 3.03. The molecular weight excluding hydrogens is 202 g/mol. The van der Waals surface area contributed by atoms with Gasteiger partial charge in [0.1, 0.15) is 0 Å². The Kier molecular flexibility index (Phi) is 4.28. The molecule has 1 atom stereocenters. The SMILES string of the molecule is CCc1cccc(C)c1NC(C)C(C)=S. The Morgan fingerprint density at radius 3 is 2.67 bits per heavy atom. The van der Waals surface area contributed by atoms with Crippen molar-refractivity contribution in [2.75, 3.05) is 5.32 Å². The van der Waals surface area contributed by atoms with Gasteiger partial charge in [-0.3, -0.25) is 0 Å². The van der Waals surface area contributed by atoms with Gasteiger partial charge in [-0.1, -0.05) is 37.3 Å². The molecule has 15 heavy (non-hydrogen) atoms. The molecule has 0 saturated heterocycles. The summed E-state index contributed by atoms with van der Waals surface area (Å²) in [5.74, 6) is 0. The number of para-hydroxylation sites is 1. The van der Waals surface area contributed by atoms with Crippen molar-refractivity contribution in [3.63, 3.8) is 0 Å². The van der Waals surface area contributed by atoms with Crippen LogP contribution in [0.15, 0.2) is 18.2 Å². The molecule has 0 aliphatic carbocycles. The van der Waals surface area contributed by atoms with Crippen molar-refractivity contribution in [3.8, 4) is 0 Å². The van der Waals surface area contributed by atoms with E-state index in [0.717, 1.165) is 11.3 Å². The van der Waals surface area contributed by atoms with Crippen LogP contribution in [0.5, 0.6) is 0 Å². The summed E-state index contributed by atoms with van der Waals surface area (Å²) in [7, 11) is 0. The molecule has 0 spiro atoms. The highest BCUT2D eigenvalue weighted by Gasteiger charge is 2.08. The van der Waals surface area contributed by atoms with Crippen LogP contribution in [0.25, 0.3) is 0 Å². The first kappa shape index (κ1) is 12.2. The molecule has 1 aromatic rings. The van der Waals surface area contributed by atoms with E-state index in [0.29, 0.717) is 0 Å². The first-order chi connectivity index (χ1) is 7.06. The van der Waals surface area contributed by atoms with Crippen molar-refractivity contribution in [2.24, 2.45) is 0 Å². The van der Waals surface area contributed by atoms with Crippen molar-refractivity contribution in [2.45, 2.75) is 40.2 Å². The van der Waals surface area contributed by atoms with Gasteiger partial charge in [0, 0.05) is 10.6 Å². The van der Waals surface area contributed by atoms with Crippen LogP contribution in [0, 0.1) is 6.92 Å². The molecule has 1 nitrogen and oxygen atoms in total. The number of nitrogens with one attached hydrogen (secondary N) is 1. The molecule has 0 aliphatic rings. The van der Waals surface area contributed by atoms with E-state index in [-0.39, 0.29) is 6.04 Å². The molecular formula is C13H19NS. The number of thiocarbonyl (C=S) groups is 1. The van der Waals surface area contributed by atoms with Gasteiger partial charge in [0.05, 0.1) is 6.04 Å². The minimum Gasteiger partial charge on any atom is -0.378 e. The van der Waals surface area contributed by atoms with Gasteiger partial charge in [-0.2, -0.15) is 0 Å². The van der Waals surface area contributed by atoms with E-state index in [2.05, 4.69) is 44.3 Å². The molecule has 1 unspecified atom stereocenters. The lowest BCUT2D eigenvalue weighted by molar-refractivity contribution is 1.03. The smallest absolute Gasteiger partial charge is 0.0545 e. The van der Waals surface area contributed by atoms with Crippen molar-refractivity contribution in [1.29, 1.82) is 0 Å². The molecule has 1 aromatic carbocycles. The molecule has 0 saturated carbocycles. The first-order valence-corrected chi connectivity index (χ1v) is 5.82. The Morgan fingerprint density at radius 2 is 2.13 bits per heavy atom. The van der Waals surface area contributed by atoms with Gasteiger partial charge >= 0.3 is 0 Å². The van der Waals surface area contributed by atoms with Crippen LogP contribution in [0.1, 0.15) is 31.9 Å². The third-order valence-corrected chi connectivity index (χ3v) is 3.06. The standard InChI is InChI=1S/C13H19NS/c1-5-12-8-6-7-9(2)13(12)14-10(3)11(4)15/h6-8,10,14H,5H2,1-4H3. The topological polar surface area (TPSA) is 12.0 Å². The number of hydrogen-bond acceptors (Lipinski definition) is 2. The van der Waals surface area contributed by atoms with Crippen LogP contribution < -0.4 is 5.32 Å². The molecule has 1 N–H and O–H groups in total. The fourth-order valence-corrected chi connectivity index (χ4v) is 1.61. The molecule has 1 rings (SSSR count). The summed E-state index contributed by atoms with van der Waals surface area (Å²) in [5, 5.41) is 3.49. The summed E-state index contributed by atoms with van der Waals surface area (Å²) in [6.07, 6.45) is 1.05. The maximum Gasteiger partial charge on any atom is 0.0545 e. The second kappa shape index (κ2) is 5.26. The highest BCUT2D eigenvalue weighted by atomic mass is 32.1. The lowest BCUT2D eigenvalue weighted by atomic mass is 10.0. The number of anilines is 1. The summed E-state index contributed by atoms with van der Waals surface area (Å²) in [6.45, 7) is 8.40. The first-order valence-electron chi connectivity index (χ1n) is 5.41. The molecule has 82 valence electrons. The number of aryl methyl sites for hydroxylation is 2. The second-order valence-corrected chi connectivity index (χ2v) is 4.58. The van der Waals surface area contributed by atoms with Gasteiger partial charge in [0.2, 0.25) is 0 Å². The normalized spacial score (nSPS) is 12.3. The quantitative estimate of drug-likeness (QED) is 0.777. The maximum absolute atomic E-state index is 5.18. The number of benzene rings is 1. The summed E-state index contributed by atoms with van der Waals surface area (Å²) >= 11 is 5.18. The van der Waals surface area contributed by atoms with Crippen molar-refractivity contribution >= 4 is 22.8 Å². The van der Waals surface area contributed by atoms with Gasteiger partial charge in [0.25, 0.3) is 0 Å². The Hall–Kier alpha value is -0.890. The summed E-state index contributed by atoms with van der Waals surface area (Å²) < 4.78 is 0. The van der Waals surface area contributed by atoms with Crippen LogP contribution in [0.3, 0.4) is 0 Å². The van der Waals surface area contributed by atoms with E-state index in [4.69, 9.17) is 12.2 Å². The third-order valence-electron chi connectivity index (χ3n) is 2.71. The molecule has 0 fully saturated rings. The zero-order valence-corrected chi connectivity index (χ0v) is 10.7. The summed E-state index contributed by atoms with van der Waals surface area (Å²) in [5.41, 5.74) is 3.90. The number of rotatable bonds is 4. The van der Waals surface area contributed by atoms with Gasteiger partial charge in [-0.05, 0) is 38.3 Å². The highest BCUT2D eigenvalue weighted by Crippen LogP contribution is 2.22. The molecule has 0 radical (unpaired) electrons. The van der Waals surface area contributed by atoms with Gasteiger partial charge in [0.15, 0.2) is 0 Å². The molecule has 0 bridgehead atoms. The lowest BCUT2D eigenvalue weighted by Gasteiger charge is -2.19. The average Bonchev–Trinajstić information content (AvgIpc) is 2.20. The van der Waals surface area contributed by atoms with Crippen molar-refractivity contribution in [1.82, 2.24) is 0 Å². The highest BCUT2D eigenvalue weighted by molar-refractivity contribution is 7.80. The number of hydrogen-bond donors (Lipinski definition) is 1. The van der Waals surface area contributed by atoms with Gasteiger partial charge in [-0.25, -0.2) is 0 Å². The predicted molar refractivity (Wildman–Crippen MR) is 71.9 cm³/mol. The zero-order valence-electron chi connectivity index (χ0n) is 9.92. The van der Waals surface area contributed by atoms with Crippen LogP contribution in [0.4, 0.5) is 5.69 Å². The Balaban J connectivity index is 2.97. The average molecular weight is 221 g/mol. The van der Waals surface area contributed by atoms with E-state index in [1.165, 1.54) is 16.8 Å². The van der Waals surface area contributed by atoms with Crippen LogP contribution in [0.2, 0.25) is 0 Å². The van der Waals surface area contributed by atoms with E-state index in [1.807, 2.05) is 6.92 Å². The second-order valence-electron chi connectivity index (χ2n) is 3.94. The summed E-state index contributed by atoms with van der Waals surface area (Å²) in [6, 6.07) is 6.66. The predicted octanol–water partition coefficient (Wildman–Crippen LogP) is 3.75. The Bertz CT molecular complexity index is 358. The van der Waals surface area contributed by atoms with Crippen molar-refractivity contribution < 1.29 is 0 Å². The zero-order chi connectivity index (χ0) is 11.4. The molecule has 2 heteroatoms. The van der Waals surface area contributed by atoms with Gasteiger partial charge < -0.3 is 5.32 Å².